The second-order valence-electron chi connectivity index (χ2n) is 8.79. The molecule has 0 saturated heterocycles. The molecule has 17 heavy (non-hydrogen) atoms. The summed E-state index contributed by atoms with van der Waals surface area (Å²) < 4.78 is 0. The lowest BCUT2D eigenvalue weighted by Gasteiger charge is -2.45. The van der Waals surface area contributed by atoms with Crippen molar-refractivity contribution in [2.24, 2.45) is 27.9 Å². The van der Waals surface area contributed by atoms with E-state index in [-0.39, 0.29) is 16.9 Å². The topological polar surface area (TPSA) is 26.0 Å². The first-order valence-corrected chi connectivity index (χ1v) is 7.03. The molecule has 0 aliphatic carbocycles. The standard InChI is InChI=1S/C16H35N/c1-12(2)10-15(6,7)13(17)16(8,9)11-14(3,4)5/h12-13H,10-11,17H2,1-9H3. The molecule has 0 amide bonds. The third-order valence-electron chi connectivity index (χ3n) is 3.60. The van der Waals surface area contributed by atoms with Crippen LogP contribution in [0.3, 0.4) is 0 Å². The predicted octanol–water partition coefficient (Wildman–Crippen LogP) is 4.85. The molecule has 2 N–H and O–H groups in total. The van der Waals surface area contributed by atoms with Crippen LogP contribution in [0.15, 0.2) is 0 Å². The first-order valence-electron chi connectivity index (χ1n) is 7.03. The molecule has 0 saturated carbocycles. The third-order valence-corrected chi connectivity index (χ3v) is 3.60. The van der Waals surface area contributed by atoms with Gasteiger partial charge in [0, 0.05) is 6.04 Å². The van der Waals surface area contributed by atoms with E-state index in [1.807, 2.05) is 0 Å². The largest absolute Gasteiger partial charge is 0.327 e. The van der Waals surface area contributed by atoms with Gasteiger partial charge in [-0.3, -0.25) is 0 Å². The van der Waals surface area contributed by atoms with E-state index in [1.54, 1.807) is 0 Å². The minimum Gasteiger partial charge on any atom is -0.327 e. The number of hydrogen-bond donors (Lipinski definition) is 1. The predicted molar refractivity (Wildman–Crippen MR) is 79.1 cm³/mol. The fourth-order valence-electron chi connectivity index (χ4n) is 3.71. The first kappa shape index (κ1) is 17.0. The van der Waals surface area contributed by atoms with Gasteiger partial charge in [0.2, 0.25) is 0 Å². The van der Waals surface area contributed by atoms with E-state index in [0.717, 1.165) is 0 Å². The van der Waals surface area contributed by atoms with Gasteiger partial charge in [0.1, 0.15) is 0 Å². The molecule has 1 unspecified atom stereocenters. The quantitative estimate of drug-likeness (QED) is 0.731. The Morgan fingerprint density at radius 1 is 0.824 bits per heavy atom. The zero-order valence-electron chi connectivity index (χ0n) is 13.6. The molecule has 1 atom stereocenters. The molecule has 0 aliphatic heterocycles. The van der Waals surface area contributed by atoms with Gasteiger partial charge >= 0.3 is 0 Å². The molecule has 0 aromatic carbocycles. The highest BCUT2D eigenvalue weighted by Crippen LogP contribution is 2.43. The maximum Gasteiger partial charge on any atom is 0.0142 e. The molecule has 1 nitrogen and oxygen atoms in total. The fraction of sp³-hybridized carbons (Fsp3) is 1.00. The van der Waals surface area contributed by atoms with E-state index in [2.05, 4.69) is 62.3 Å². The van der Waals surface area contributed by atoms with Gasteiger partial charge in [0.15, 0.2) is 0 Å². The van der Waals surface area contributed by atoms with Crippen molar-refractivity contribution in [1.82, 2.24) is 0 Å². The lowest BCUT2D eigenvalue weighted by molar-refractivity contribution is 0.0829. The summed E-state index contributed by atoms with van der Waals surface area (Å²) in [5.41, 5.74) is 7.33. The second kappa shape index (κ2) is 5.30. The summed E-state index contributed by atoms with van der Waals surface area (Å²) in [5, 5.41) is 0. The average Bonchev–Trinajstić information content (AvgIpc) is 1.95. The molecule has 0 aromatic rings. The van der Waals surface area contributed by atoms with Crippen molar-refractivity contribution in [3.05, 3.63) is 0 Å². The van der Waals surface area contributed by atoms with Crippen LogP contribution in [0.4, 0.5) is 0 Å². The molecule has 0 aromatic heterocycles. The van der Waals surface area contributed by atoms with Crippen molar-refractivity contribution in [1.29, 1.82) is 0 Å². The Labute approximate surface area is 110 Å². The Kier molecular flexibility index (Phi) is 5.29. The minimum atomic E-state index is 0.191. The molecule has 0 fully saturated rings. The SMILES string of the molecule is CC(C)CC(C)(C)C(N)C(C)(C)CC(C)(C)C. The summed E-state index contributed by atoms with van der Waals surface area (Å²) in [7, 11) is 0. The van der Waals surface area contributed by atoms with E-state index in [4.69, 9.17) is 5.73 Å². The van der Waals surface area contributed by atoms with Gasteiger partial charge in [-0.25, -0.2) is 0 Å². The number of hydrogen-bond acceptors (Lipinski definition) is 1. The zero-order chi connectivity index (χ0) is 14.1. The van der Waals surface area contributed by atoms with Crippen LogP contribution >= 0.6 is 0 Å². The monoisotopic (exact) mass is 241 g/mol. The van der Waals surface area contributed by atoms with Crippen LogP contribution in [0, 0.1) is 22.2 Å². The van der Waals surface area contributed by atoms with Crippen molar-refractivity contribution >= 4 is 0 Å². The van der Waals surface area contributed by atoms with Crippen LogP contribution in [0.25, 0.3) is 0 Å². The molecule has 104 valence electrons. The molecule has 0 spiro atoms. The van der Waals surface area contributed by atoms with Gasteiger partial charge in [-0.15, -0.1) is 0 Å². The molecule has 0 bridgehead atoms. The van der Waals surface area contributed by atoms with Crippen LogP contribution in [0.1, 0.15) is 75.2 Å². The number of rotatable bonds is 5. The lowest BCUT2D eigenvalue weighted by Crippen LogP contribution is -2.50. The molecule has 1 heteroatoms. The van der Waals surface area contributed by atoms with Gasteiger partial charge in [-0.1, -0.05) is 62.3 Å². The molecular weight excluding hydrogens is 206 g/mol. The first-order chi connectivity index (χ1) is 7.28. The highest BCUT2D eigenvalue weighted by atomic mass is 14.7. The van der Waals surface area contributed by atoms with Gasteiger partial charge < -0.3 is 5.73 Å². The Hall–Kier alpha value is -0.0400. The van der Waals surface area contributed by atoms with E-state index < -0.39 is 0 Å². The van der Waals surface area contributed by atoms with Crippen LogP contribution in [0.5, 0.6) is 0 Å². The second-order valence-corrected chi connectivity index (χ2v) is 8.79. The fourth-order valence-corrected chi connectivity index (χ4v) is 3.71. The van der Waals surface area contributed by atoms with E-state index >= 15 is 0 Å². The Morgan fingerprint density at radius 3 is 1.53 bits per heavy atom. The highest BCUT2D eigenvalue weighted by Gasteiger charge is 2.40. The smallest absolute Gasteiger partial charge is 0.0142 e. The Balaban J connectivity index is 4.82. The highest BCUT2D eigenvalue weighted by molar-refractivity contribution is 4.94. The van der Waals surface area contributed by atoms with Crippen molar-refractivity contribution < 1.29 is 0 Å². The van der Waals surface area contributed by atoms with Crippen molar-refractivity contribution in [3.8, 4) is 0 Å². The van der Waals surface area contributed by atoms with Crippen LogP contribution < -0.4 is 5.73 Å². The Bertz CT molecular complexity index is 230. The van der Waals surface area contributed by atoms with Crippen molar-refractivity contribution in [2.75, 3.05) is 0 Å². The summed E-state index contributed by atoms with van der Waals surface area (Å²) >= 11 is 0. The molecule has 0 radical (unpaired) electrons. The average molecular weight is 241 g/mol. The minimum absolute atomic E-state index is 0.191. The summed E-state index contributed by atoms with van der Waals surface area (Å²) in [4.78, 5) is 0. The molecule has 0 heterocycles. The van der Waals surface area contributed by atoms with Gasteiger partial charge in [-0.2, -0.15) is 0 Å². The summed E-state index contributed by atoms with van der Waals surface area (Å²) in [6, 6.07) is 0.247. The molecule has 0 aliphatic rings. The van der Waals surface area contributed by atoms with Crippen LogP contribution in [-0.2, 0) is 0 Å². The summed E-state index contributed by atoms with van der Waals surface area (Å²) in [5.74, 6) is 0.710. The van der Waals surface area contributed by atoms with E-state index in [1.165, 1.54) is 12.8 Å². The summed E-state index contributed by atoms with van der Waals surface area (Å²) in [6.07, 6.45) is 2.37. The van der Waals surface area contributed by atoms with Gasteiger partial charge in [0.25, 0.3) is 0 Å². The van der Waals surface area contributed by atoms with Crippen LogP contribution in [0.2, 0.25) is 0 Å². The Morgan fingerprint density at radius 2 is 1.24 bits per heavy atom. The third kappa shape index (κ3) is 5.90. The lowest BCUT2D eigenvalue weighted by atomic mass is 9.63. The normalized spacial score (nSPS) is 16.4. The van der Waals surface area contributed by atoms with Crippen molar-refractivity contribution in [2.45, 2.75) is 81.2 Å². The maximum absolute atomic E-state index is 6.58. The summed E-state index contributed by atoms with van der Waals surface area (Å²) in [6.45, 7) is 20.8. The molecular formula is C16H35N. The molecule has 0 rings (SSSR count). The van der Waals surface area contributed by atoms with E-state index in [9.17, 15) is 0 Å². The van der Waals surface area contributed by atoms with Crippen molar-refractivity contribution in [3.63, 3.8) is 0 Å². The van der Waals surface area contributed by atoms with Crippen LogP contribution in [-0.4, -0.2) is 6.04 Å². The van der Waals surface area contributed by atoms with Gasteiger partial charge in [0.05, 0.1) is 0 Å². The van der Waals surface area contributed by atoms with E-state index in [0.29, 0.717) is 11.3 Å². The maximum atomic E-state index is 6.58. The number of nitrogens with two attached hydrogens (primary N) is 1. The zero-order valence-corrected chi connectivity index (χ0v) is 13.6. The van der Waals surface area contributed by atoms with Gasteiger partial charge in [-0.05, 0) is 35.0 Å².